The Bertz CT molecular complexity index is 1200. The minimum absolute atomic E-state index is 0.350. The first kappa shape index (κ1) is 16.4. The fourth-order valence-corrected chi connectivity index (χ4v) is 3.72. The van der Waals surface area contributed by atoms with Crippen molar-refractivity contribution in [2.75, 3.05) is 0 Å². The molecule has 2 aromatic carbocycles. The molecule has 0 spiro atoms. The first-order valence-electron chi connectivity index (χ1n) is 9.13. The standard InChI is InChI=1S/C22H17N5O/c28-22(27-24-13-16-5-1-2-11-23-16)20-12-19(25-26-20)17-10-9-15-8-7-14-4-3-6-18(17)21(14)15/h1-6,9-13H,7-8H2,(H,25,26)(H,27,28)/b24-13+. The molecule has 6 heteroatoms. The number of aromatic nitrogens is 3. The quantitative estimate of drug-likeness (QED) is 0.428. The lowest BCUT2D eigenvalue weighted by atomic mass is 9.98. The molecule has 2 heterocycles. The maximum Gasteiger partial charge on any atom is 0.289 e. The molecule has 0 bridgehead atoms. The van der Waals surface area contributed by atoms with Crippen LogP contribution >= 0.6 is 0 Å². The van der Waals surface area contributed by atoms with Crippen LogP contribution in [0.5, 0.6) is 0 Å². The summed E-state index contributed by atoms with van der Waals surface area (Å²) in [5.41, 5.74) is 8.05. The van der Waals surface area contributed by atoms with Crippen molar-refractivity contribution in [2.24, 2.45) is 5.10 Å². The number of aromatic amines is 1. The van der Waals surface area contributed by atoms with Gasteiger partial charge in [0.25, 0.3) is 5.91 Å². The number of hydrogen-bond acceptors (Lipinski definition) is 4. The second-order valence-electron chi connectivity index (χ2n) is 6.73. The van der Waals surface area contributed by atoms with E-state index >= 15 is 0 Å². The van der Waals surface area contributed by atoms with Crippen molar-refractivity contribution in [2.45, 2.75) is 12.8 Å². The lowest BCUT2D eigenvalue weighted by Crippen LogP contribution is -2.18. The Morgan fingerprint density at radius 2 is 1.96 bits per heavy atom. The molecule has 0 unspecified atom stereocenters. The van der Waals surface area contributed by atoms with Gasteiger partial charge in [0.05, 0.1) is 17.6 Å². The maximum atomic E-state index is 12.3. The van der Waals surface area contributed by atoms with Crippen molar-refractivity contribution in [3.63, 3.8) is 0 Å². The van der Waals surface area contributed by atoms with Crippen molar-refractivity contribution in [3.8, 4) is 11.3 Å². The van der Waals surface area contributed by atoms with Gasteiger partial charge in [-0.15, -0.1) is 0 Å². The summed E-state index contributed by atoms with van der Waals surface area (Å²) in [6, 6.07) is 17.9. The third-order valence-electron chi connectivity index (χ3n) is 5.03. The largest absolute Gasteiger partial charge is 0.289 e. The normalized spacial score (nSPS) is 12.7. The molecule has 6 nitrogen and oxygen atoms in total. The zero-order valence-corrected chi connectivity index (χ0v) is 15.0. The molecule has 0 aliphatic heterocycles. The van der Waals surface area contributed by atoms with E-state index in [-0.39, 0.29) is 5.91 Å². The number of hydrogen-bond donors (Lipinski definition) is 2. The first-order chi connectivity index (χ1) is 13.8. The van der Waals surface area contributed by atoms with E-state index in [0.29, 0.717) is 11.4 Å². The third-order valence-corrected chi connectivity index (χ3v) is 5.03. The van der Waals surface area contributed by atoms with Gasteiger partial charge in [-0.2, -0.15) is 10.2 Å². The Hall–Kier alpha value is -3.80. The summed E-state index contributed by atoms with van der Waals surface area (Å²) in [4.78, 5) is 16.5. The van der Waals surface area contributed by atoms with Gasteiger partial charge in [0.2, 0.25) is 0 Å². The first-order valence-corrected chi connectivity index (χ1v) is 9.13. The summed E-state index contributed by atoms with van der Waals surface area (Å²) in [6.45, 7) is 0. The highest BCUT2D eigenvalue weighted by molar-refractivity contribution is 6.02. The molecule has 1 aliphatic carbocycles. The van der Waals surface area contributed by atoms with Crippen LogP contribution in [0.4, 0.5) is 0 Å². The predicted octanol–water partition coefficient (Wildman–Crippen LogP) is 3.49. The van der Waals surface area contributed by atoms with Crippen LogP contribution in [0.15, 0.2) is 65.9 Å². The summed E-state index contributed by atoms with van der Waals surface area (Å²) in [5.74, 6) is -0.350. The monoisotopic (exact) mass is 367 g/mol. The molecule has 2 aromatic heterocycles. The van der Waals surface area contributed by atoms with Gasteiger partial charge in [-0.1, -0.05) is 36.4 Å². The molecular formula is C22H17N5O. The minimum Gasteiger partial charge on any atom is -0.272 e. The number of rotatable bonds is 4. The summed E-state index contributed by atoms with van der Waals surface area (Å²) in [5, 5.41) is 13.6. The summed E-state index contributed by atoms with van der Waals surface area (Å²) < 4.78 is 0. The topological polar surface area (TPSA) is 83.0 Å². The average molecular weight is 367 g/mol. The minimum atomic E-state index is -0.350. The summed E-state index contributed by atoms with van der Waals surface area (Å²) in [6.07, 6.45) is 5.33. The van der Waals surface area contributed by atoms with E-state index in [4.69, 9.17) is 0 Å². The predicted molar refractivity (Wildman–Crippen MR) is 108 cm³/mol. The molecular weight excluding hydrogens is 350 g/mol. The SMILES string of the molecule is O=C(N/N=C/c1ccccn1)c1cc(-c2ccc3c4c(cccc24)CC3)n[nH]1. The molecule has 0 saturated carbocycles. The van der Waals surface area contributed by atoms with Crippen LogP contribution in [0.1, 0.15) is 27.3 Å². The Kier molecular flexibility index (Phi) is 3.94. The van der Waals surface area contributed by atoms with Crippen LogP contribution in [-0.2, 0) is 12.8 Å². The van der Waals surface area contributed by atoms with E-state index in [0.717, 1.165) is 24.1 Å². The highest BCUT2D eigenvalue weighted by Gasteiger charge is 2.18. The van der Waals surface area contributed by atoms with Gasteiger partial charge in [-0.05, 0) is 52.9 Å². The lowest BCUT2D eigenvalue weighted by molar-refractivity contribution is 0.0950. The molecule has 5 rings (SSSR count). The van der Waals surface area contributed by atoms with Gasteiger partial charge >= 0.3 is 0 Å². The number of nitrogens with zero attached hydrogens (tertiary/aromatic N) is 3. The third kappa shape index (κ3) is 2.85. The molecule has 0 atom stereocenters. The van der Waals surface area contributed by atoms with Crippen molar-refractivity contribution >= 4 is 22.9 Å². The van der Waals surface area contributed by atoms with Crippen LogP contribution in [0.25, 0.3) is 22.0 Å². The van der Waals surface area contributed by atoms with Crippen molar-refractivity contribution in [1.29, 1.82) is 0 Å². The number of amides is 1. The van der Waals surface area contributed by atoms with Gasteiger partial charge in [-0.25, -0.2) is 5.43 Å². The van der Waals surface area contributed by atoms with Crippen LogP contribution in [0, 0.1) is 0 Å². The van der Waals surface area contributed by atoms with E-state index < -0.39 is 0 Å². The summed E-state index contributed by atoms with van der Waals surface area (Å²) >= 11 is 0. The number of aryl methyl sites for hydroxylation is 2. The van der Waals surface area contributed by atoms with E-state index in [1.54, 1.807) is 18.3 Å². The fraction of sp³-hybridized carbons (Fsp3) is 0.0909. The molecule has 136 valence electrons. The van der Waals surface area contributed by atoms with Crippen LogP contribution < -0.4 is 5.43 Å². The van der Waals surface area contributed by atoms with E-state index in [1.807, 2.05) is 12.1 Å². The Labute approximate surface area is 161 Å². The second-order valence-corrected chi connectivity index (χ2v) is 6.73. The smallest absolute Gasteiger partial charge is 0.272 e. The van der Waals surface area contributed by atoms with Crippen molar-refractivity contribution in [3.05, 3.63) is 83.3 Å². The number of nitrogens with one attached hydrogen (secondary N) is 2. The van der Waals surface area contributed by atoms with E-state index in [2.05, 4.69) is 56.0 Å². The second kappa shape index (κ2) is 6.74. The van der Waals surface area contributed by atoms with Gasteiger partial charge in [0.1, 0.15) is 5.69 Å². The number of benzene rings is 2. The lowest BCUT2D eigenvalue weighted by Gasteiger charge is -2.06. The maximum absolute atomic E-state index is 12.3. The van der Waals surface area contributed by atoms with E-state index in [9.17, 15) is 4.79 Å². The van der Waals surface area contributed by atoms with Gasteiger partial charge in [0, 0.05) is 11.8 Å². The van der Waals surface area contributed by atoms with Crippen molar-refractivity contribution in [1.82, 2.24) is 20.6 Å². The summed E-state index contributed by atoms with van der Waals surface area (Å²) in [7, 11) is 0. The number of carbonyl (C=O) groups is 1. The zero-order valence-electron chi connectivity index (χ0n) is 15.0. The molecule has 2 N–H and O–H groups in total. The fourth-order valence-electron chi connectivity index (χ4n) is 3.72. The molecule has 1 aliphatic rings. The van der Waals surface area contributed by atoms with E-state index in [1.165, 1.54) is 28.1 Å². The Morgan fingerprint density at radius 1 is 1.07 bits per heavy atom. The number of pyridine rings is 1. The van der Waals surface area contributed by atoms with Crippen LogP contribution in [0.2, 0.25) is 0 Å². The number of hydrazone groups is 1. The van der Waals surface area contributed by atoms with Gasteiger partial charge in [-0.3, -0.25) is 14.9 Å². The molecule has 0 saturated heterocycles. The van der Waals surface area contributed by atoms with Gasteiger partial charge < -0.3 is 0 Å². The molecule has 1 amide bonds. The average Bonchev–Trinajstić information content (AvgIpc) is 3.38. The Morgan fingerprint density at radius 3 is 2.82 bits per heavy atom. The molecule has 0 fully saturated rings. The number of H-pyrrole nitrogens is 1. The zero-order chi connectivity index (χ0) is 18.9. The Balaban J connectivity index is 1.40. The van der Waals surface area contributed by atoms with Crippen LogP contribution in [-0.4, -0.2) is 27.3 Å². The highest BCUT2D eigenvalue weighted by Crippen LogP contribution is 2.36. The van der Waals surface area contributed by atoms with Crippen molar-refractivity contribution < 1.29 is 4.79 Å². The number of carbonyl (C=O) groups excluding carboxylic acids is 1. The van der Waals surface area contributed by atoms with Gasteiger partial charge in [0.15, 0.2) is 0 Å². The molecule has 0 radical (unpaired) electrons. The molecule has 4 aromatic rings. The highest BCUT2D eigenvalue weighted by atomic mass is 16.2. The van der Waals surface area contributed by atoms with Crippen LogP contribution in [0.3, 0.4) is 0 Å². The molecule has 28 heavy (non-hydrogen) atoms.